The normalized spacial score (nSPS) is 10.3. The predicted octanol–water partition coefficient (Wildman–Crippen LogP) is 2.56. The van der Waals surface area contributed by atoms with Crippen LogP contribution in [-0.4, -0.2) is 9.97 Å². The van der Waals surface area contributed by atoms with Crippen molar-refractivity contribution in [3.63, 3.8) is 0 Å². The van der Waals surface area contributed by atoms with E-state index in [1.807, 2.05) is 31.2 Å². The largest absolute Gasteiger partial charge is 0.472 e. The highest BCUT2D eigenvalue weighted by Crippen LogP contribution is 2.22. The maximum atomic E-state index is 5.93. The summed E-state index contributed by atoms with van der Waals surface area (Å²) in [5.41, 5.74) is 4.38. The van der Waals surface area contributed by atoms with Crippen LogP contribution < -0.4 is 16.0 Å². The maximum Gasteiger partial charge on any atom is 0.222 e. The van der Waals surface area contributed by atoms with E-state index in [2.05, 4.69) is 15.4 Å². The van der Waals surface area contributed by atoms with Crippen molar-refractivity contribution in [3.8, 4) is 5.88 Å². The van der Waals surface area contributed by atoms with Crippen molar-refractivity contribution >= 4 is 17.4 Å². The summed E-state index contributed by atoms with van der Waals surface area (Å²) < 4.78 is 5.71. The molecule has 0 fully saturated rings. The van der Waals surface area contributed by atoms with E-state index in [4.69, 9.17) is 22.2 Å². The van der Waals surface area contributed by atoms with Crippen LogP contribution in [-0.2, 0) is 13.0 Å². The first kappa shape index (κ1) is 13.6. The van der Waals surface area contributed by atoms with Crippen molar-refractivity contribution in [2.24, 2.45) is 5.84 Å². The summed E-state index contributed by atoms with van der Waals surface area (Å²) in [5.74, 6) is 6.52. The number of nitrogens with two attached hydrogens (primary N) is 1. The van der Waals surface area contributed by atoms with Gasteiger partial charge in [0.2, 0.25) is 5.88 Å². The molecule has 100 valence electrons. The molecule has 1 aromatic heterocycles. The molecule has 0 atom stereocenters. The summed E-state index contributed by atoms with van der Waals surface area (Å²) in [6, 6.07) is 7.51. The Bertz CT molecular complexity index is 562. The Balaban J connectivity index is 2.15. The van der Waals surface area contributed by atoms with Gasteiger partial charge in [-0.2, -0.15) is 0 Å². The van der Waals surface area contributed by atoms with Crippen molar-refractivity contribution in [2.75, 3.05) is 5.43 Å². The van der Waals surface area contributed by atoms with E-state index in [1.54, 1.807) is 0 Å². The lowest BCUT2D eigenvalue weighted by atomic mass is 10.2. The molecule has 3 N–H and O–H groups in total. The number of benzene rings is 1. The average Bonchev–Trinajstić information content (AvgIpc) is 2.44. The van der Waals surface area contributed by atoms with E-state index < -0.39 is 0 Å². The van der Waals surface area contributed by atoms with E-state index in [0.29, 0.717) is 23.3 Å². The molecular weight excluding hydrogens is 264 g/mol. The lowest BCUT2D eigenvalue weighted by molar-refractivity contribution is 0.290. The number of halogens is 1. The number of aromatic nitrogens is 2. The van der Waals surface area contributed by atoms with Gasteiger partial charge in [0.05, 0.1) is 5.56 Å². The van der Waals surface area contributed by atoms with Crippen LogP contribution >= 0.6 is 11.6 Å². The van der Waals surface area contributed by atoms with Crippen LogP contribution in [0.4, 0.5) is 5.82 Å². The maximum absolute atomic E-state index is 5.93. The number of hydrogen-bond donors (Lipinski definition) is 2. The van der Waals surface area contributed by atoms with Gasteiger partial charge in [-0.15, -0.1) is 0 Å². The summed E-state index contributed by atoms with van der Waals surface area (Å²) in [6.45, 7) is 2.39. The first-order valence-corrected chi connectivity index (χ1v) is 6.30. The second-order valence-corrected chi connectivity index (χ2v) is 4.36. The van der Waals surface area contributed by atoms with Crippen LogP contribution in [0, 0.1) is 0 Å². The number of anilines is 1. The Morgan fingerprint density at radius 2 is 2.21 bits per heavy atom. The molecule has 0 saturated heterocycles. The molecule has 0 aliphatic rings. The monoisotopic (exact) mass is 278 g/mol. The van der Waals surface area contributed by atoms with Gasteiger partial charge in [0, 0.05) is 5.02 Å². The number of hydrogen-bond acceptors (Lipinski definition) is 5. The van der Waals surface area contributed by atoms with E-state index in [9.17, 15) is 0 Å². The number of nitrogens with one attached hydrogen (secondary N) is 1. The van der Waals surface area contributed by atoms with Gasteiger partial charge in [0.1, 0.15) is 18.8 Å². The molecule has 2 aromatic rings. The van der Waals surface area contributed by atoms with Gasteiger partial charge in [-0.3, -0.25) is 0 Å². The van der Waals surface area contributed by atoms with Crippen LogP contribution in [0.2, 0.25) is 5.02 Å². The molecule has 0 bridgehead atoms. The molecule has 0 amide bonds. The van der Waals surface area contributed by atoms with Crippen LogP contribution in [0.5, 0.6) is 5.88 Å². The molecule has 19 heavy (non-hydrogen) atoms. The van der Waals surface area contributed by atoms with Gasteiger partial charge in [0.15, 0.2) is 0 Å². The smallest absolute Gasteiger partial charge is 0.222 e. The Morgan fingerprint density at radius 3 is 2.89 bits per heavy atom. The molecular formula is C13H15ClN4O. The van der Waals surface area contributed by atoms with Crippen LogP contribution in [0.3, 0.4) is 0 Å². The quantitative estimate of drug-likeness (QED) is 0.649. The molecule has 0 unspecified atom stereocenters. The third-order valence-electron chi connectivity index (χ3n) is 2.66. The van der Waals surface area contributed by atoms with E-state index in [0.717, 1.165) is 17.5 Å². The number of hydrazine groups is 1. The zero-order valence-electron chi connectivity index (χ0n) is 10.6. The first-order chi connectivity index (χ1) is 9.24. The van der Waals surface area contributed by atoms with Crippen LogP contribution in [0.15, 0.2) is 30.6 Å². The summed E-state index contributed by atoms with van der Waals surface area (Å²) in [4.78, 5) is 8.18. The SMILES string of the molecule is CCc1c(NN)ncnc1OCc1cccc(Cl)c1. The minimum Gasteiger partial charge on any atom is -0.472 e. The Hall–Kier alpha value is -1.85. The predicted molar refractivity (Wildman–Crippen MR) is 75.0 cm³/mol. The second kappa shape index (κ2) is 6.36. The molecule has 0 spiro atoms. The Kier molecular flexibility index (Phi) is 4.54. The molecule has 0 saturated carbocycles. The van der Waals surface area contributed by atoms with Gasteiger partial charge in [-0.1, -0.05) is 30.7 Å². The molecule has 6 heteroatoms. The molecule has 0 radical (unpaired) electrons. The van der Waals surface area contributed by atoms with Crippen molar-refractivity contribution in [1.82, 2.24) is 9.97 Å². The fourth-order valence-electron chi connectivity index (χ4n) is 1.74. The highest BCUT2D eigenvalue weighted by atomic mass is 35.5. The van der Waals surface area contributed by atoms with Crippen molar-refractivity contribution in [3.05, 3.63) is 46.7 Å². The van der Waals surface area contributed by atoms with E-state index in [1.165, 1.54) is 6.33 Å². The van der Waals surface area contributed by atoms with Gasteiger partial charge in [0.25, 0.3) is 0 Å². The third kappa shape index (κ3) is 3.33. The van der Waals surface area contributed by atoms with Crippen molar-refractivity contribution in [1.29, 1.82) is 0 Å². The molecule has 0 aliphatic heterocycles. The molecule has 0 aliphatic carbocycles. The summed E-state index contributed by atoms with van der Waals surface area (Å²) in [5, 5.41) is 0.684. The molecule has 1 heterocycles. The van der Waals surface area contributed by atoms with Crippen LogP contribution in [0.1, 0.15) is 18.1 Å². The first-order valence-electron chi connectivity index (χ1n) is 5.92. The lowest BCUT2D eigenvalue weighted by Crippen LogP contribution is -2.12. The minimum atomic E-state index is 0.397. The van der Waals surface area contributed by atoms with Crippen molar-refractivity contribution < 1.29 is 4.74 Å². The Morgan fingerprint density at radius 1 is 1.37 bits per heavy atom. The molecule has 5 nitrogen and oxygen atoms in total. The fraction of sp³-hybridized carbons (Fsp3) is 0.231. The summed E-state index contributed by atoms with van der Waals surface area (Å²) >= 11 is 5.93. The highest BCUT2D eigenvalue weighted by Gasteiger charge is 2.10. The number of rotatable bonds is 5. The molecule has 1 aromatic carbocycles. The number of nitrogen functional groups attached to an aromatic ring is 1. The minimum absolute atomic E-state index is 0.397. The number of ether oxygens (including phenoxy) is 1. The zero-order valence-corrected chi connectivity index (χ0v) is 11.3. The molecule has 2 rings (SSSR count). The highest BCUT2D eigenvalue weighted by molar-refractivity contribution is 6.30. The van der Waals surface area contributed by atoms with Crippen molar-refractivity contribution in [2.45, 2.75) is 20.0 Å². The van der Waals surface area contributed by atoms with Crippen LogP contribution in [0.25, 0.3) is 0 Å². The third-order valence-corrected chi connectivity index (χ3v) is 2.90. The average molecular weight is 279 g/mol. The zero-order chi connectivity index (χ0) is 13.7. The van der Waals surface area contributed by atoms with Gasteiger partial charge < -0.3 is 10.2 Å². The lowest BCUT2D eigenvalue weighted by Gasteiger charge is -2.12. The van der Waals surface area contributed by atoms with E-state index in [-0.39, 0.29) is 0 Å². The summed E-state index contributed by atoms with van der Waals surface area (Å²) in [7, 11) is 0. The second-order valence-electron chi connectivity index (χ2n) is 3.92. The fourth-order valence-corrected chi connectivity index (χ4v) is 1.95. The van der Waals surface area contributed by atoms with Gasteiger partial charge >= 0.3 is 0 Å². The summed E-state index contributed by atoms with van der Waals surface area (Å²) in [6.07, 6.45) is 2.15. The van der Waals surface area contributed by atoms with Gasteiger partial charge in [-0.25, -0.2) is 15.8 Å². The Labute approximate surface area is 116 Å². The van der Waals surface area contributed by atoms with Gasteiger partial charge in [-0.05, 0) is 24.1 Å². The van der Waals surface area contributed by atoms with E-state index >= 15 is 0 Å². The number of nitrogens with zero attached hydrogens (tertiary/aromatic N) is 2. The standard InChI is InChI=1S/C13H15ClN4O/c1-2-11-12(18-15)16-8-17-13(11)19-7-9-4-3-5-10(14)6-9/h3-6,8H,2,7,15H2,1H3,(H,16,17,18). The topological polar surface area (TPSA) is 73.1 Å².